The normalized spacial score (nSPS) is 10.9. The van der Waals surface area contributed by atoms with Gasteiger partial charge in [0.15, 0.2) is 4.34 Å². The van der Waals surface area contributed by atoms with Crippen molar-refractivity contribution in [2.24, 2.45) is 0 Å². The van der Waals surface area contributed by atoms with Gasteiger partial charge in [0.05, 0.1) is 17.5 Å². The number of carbonyl (C=O) groups excluding carboxylic acids is 1. The molecule has 27 heavy (non-hydrogen) atoms. The number of thioether (sulfide) groups is 1. The Morgan fingerprint density at radius 1 is 1.22 bits per heavy atom. The second kappa shape index (κ2) is 8.22. The van der Waals surface area contributed by atoms with E-state index in [9.17, 15) is 4.79 Å². The minimum Gasteiger partial charge on any atom is -0.296 e. The van der Waals surface area contributed by atoms with E-state index in [1.54, 1.807) is 35.2 Å². The van der Waals surface area contributed by atoms with Crippen molar-refractivity contribution in [2.45, 2.75) is 10.1 Å². The molecular formula is C17H12ClN5OS3. The van der Waals surface area contributed by atoms with Gasteiger partial charge in [0.2, 0.25) is 5.13 Å². The zero-order valence-corrected chi connectivity index (χ0v) is 16.9. The van der Waals surface area contributed by atoms with E-state index in [0.29, 0.717) is 21.4 Å². The summed E-state index contributed by atoms with van der Waals surface area (Å²) in [6.07, 6.45) is 1.49. The first-order chi connectivity index (χ1) is 13.2. The molecule has 0 saturated carbocycles. The lowest BCUT2D eigenvalue weighted by atomic mass is 10.1. The smallest absolute Gasteiger partial charge is 0.261 e. The number of thiophene rings is 1. The van der Waals surface area contributed by atoms with E-state index in [1.165, 1.54) is 22.4 Å². The molecule has 4 aromatic rings. The Morgan fingerprint density at radius 2 is 2.07 bits per heavy atom. The van der Waals surface area contributed by atoms with Gasteiger partial charge in [0.25, 0.3) is 5.91 Å². The molecule has 1 aromatic carbocycles. The Morgan fingerprint density at radius 3 is 2.85 bits per heavy atom. The number of benzene rings is 1. The predicted octanol–water partition coefficient (Wildman–Crippen LogP) is 5.19. The summed E-state index contributed by atoms with van der Waals surface area (Å²) in [5.74, 6) is 0.544. The topological polar surface area (TPSA) is 83.6 Å². The molecular weight excluding hydrogens is 422 g/mol. The molecule has 0 bridgehead atoms. The number of carbonyl (C=O) groups is 1. The lowest BCUT2D eigenvalue weighted by molar-refractivity contribution is 0.102. The number of anilines is 1. The zero-order chi connectivity index (χ0) is 18.6. The molecule has 10 heteroatoms. The molecule has 136 valence electrons. The van der Waals surface area contributed by atoms with Crippen LogP contribution in [0.3, 0.4) is 0 Å². The van der Waals surface area contributed by atoms with Crippen molar-refractivity contribution in [1.29, 1.82) is 0 Å². The molecule has 0 saturated heterocycles. The van der Waals surface area contributed by atoms with E-state index >= 15 is 0 Å². The molecule has 0 spiro atoms. The number of H-pyrrole nitrogens is 1. The average molecular weight is 434 g/mol. The van der Waals surface area contributed by atoms with E-state index in [1.807, 2.05) is 23.6 Å². The Bertz CT molecular complexity index is 1040. The van der Waals surface area contributed by atoms with Crippen molar-refractivity contribution in [1.82, 2.24) is 20.4 Å². The summed E-state index contributed by atoms with van der Waals surface area (Å²) in [7, 11) is 0. The van der Waals surface area contributed by atoms with Crippen LogP contribution in [0.15, 0.2) is 52.3 Å². The third-order valence-corrected chi connectivity index (χ3v) is 6.89. The van der Waals surface area contributed by atoms with Crippen LogP contribution in [-0.4, -0.2) is 26.3 Å². The Balaban J connectivity index is 1.44. The Kier molecular flexibility index (Phi) is 5.53. The van der Waals surface area contributed by atoms with Crippen LogP contribution in [0.5, 0.6) is 0 Å². The summed E-state index contributed by atoms with van der Waals surface area (Å²) >= 11 is 10.6. The van der Waals surface area contributed by atoms with Gasteiger partial charge in [0.1, 0.15) is 0 Å². The maximum atomic E-state index is 12.6. The lowest BCUT2D eigenvalue weighted by Gasteiger charge is -2.03. The minimum atomic E-state index is -0.292. The second-order valence-electron chi connectivity index (χ2n) is 5.36. The van der Waals surface area contributed by atoms with Gasteiger partial charge >= 0.3 is 0 Å². The number of amides is 1. The molecule has 1 amide bonds. The summed E-state index contributed by atoms with van der Waals surface area (Å²) in [4.78, 5) is 13.9. The number of hydrogen-bond acceptors (Lipinski definition) is 7. The van der Waals surface area contributed by atoms with E-state index in [4.69, 9.17) is 11.6 Å². The summed E-state index contributed by atoms with van der Waals surface area (Å²) in [5, 5.41) is 20.9. The van der Waals surface area contributed by atoms with Gasteiger partial charge in [-0.2, -0.15) is 5.10 Å². The molecule has 0 aliphatic carbocycles. The fourth-order valence-electron chi connectivity index (χ4n) is 2.31. The van der Waals surface area contributed by atoms with Gasteiger partial charge in [-0.1, -0.05) is 52.9 Å². The van der Waals surface area contributed by atoms with E-state index in [0.717, 1.165) is 15.7 Å². The molecule has 6 nitrogen and oxygen atoms in total. The highest BCUT2D eigenvalue weighted by Gasteiger charge is 2.17. The first-order valence-corrected chi connectivity index (χ1v) is 10.8. The van der Waals surface area contributed by atoms with Gasteiger partial charge in [-0.15, -0.1) is 21.5 Å². The van der Waals surface area contributed by atoms with Crippen molar-refractivity contribution in [3.8, 4) is 11.3 Å². The highest BCUT2D eigenvalue weighted by molar-refractivity contribution is 8.00. The van der Waals surface area contributed by atoms with Crippen LogP contribution >= 0.6 is 46.0 Å². The standard InChI is InChI=1S/C17H12ClN5OS3/c18-11-5-3-10(4-6-11)14-13(8-19-21-14)15(24)20-16-22-23-17(27-16)26-9-12-2-1-7-25-12/h1-8H,9H2,(H,19,21)(H,20,22,24). The van der Waals surface area contributed by atoms with Crippen LogP contribution in [0.4, 0.5) is 5.13 Å². The van der Waals surface area contributed by atoms with Crippen molar-refractivity contribution in [3.05, 3.63) is 63.4 Å². The van der Waals surface area contributed by atoms with E-state index in [2.05, 4.69) is 31.8 Å². The maximum absolute atomic E-state index is 12.6. The highest BCUT2D eigenvalue weighted by atomic mass is 35.5. The number of halogens is 1. The second-order valence-corrected chi connectivity index (χ2v) is 9.03. The van der Waals surface area contributed by atoms with Crippen molar-refractivity contribution < 1.29 is 4.79 Å². The molecule has 3 aromatic heterocycles. The molecule has 0 aliphatic heterocycles. The number of nitrogens with one attached hydrogen (secondary N) is 2. The van der Waals surface area contributed by atoms with Crippen LogP contribution in [0.25, 0.3) is 11.3 Å². The molecule has 0 radical (unpaired) electrons. The van der Waals surface area contributed by atoms with Crippen molar-refractivity contribution in [3.63, 3.8) is 0 Å². The maximum Gasteiger partial charge on any atom is 0.261 e. The minimum absolute atomic E-state index is 0.292. The number of hydrogen-bond donors (Lipinski definition) is 2. The largest absolute Gasteiger partial charge is 0.296 e. The van der Waals surface area contributed by atoms with Crippen LogP contribution in [0.1, 0.15) is 15.2 Å². The fraction of sp³-hybridized carbons (Fsp3) is 0.0588. The number of nitrogens with zero attached hydrogens (tertiary/aromatic N) is 3. The SMILES string of the molecule is O=C(Nc1nnc(SCc2cccs2)s1)c1cn[nH]c1-c1ccc(Cl)cc1. The first-order valence-electron chi connectivity index (χ1n) is 7.78. The molecule has 3 heterocycles. The average Bonchev–Trinajstić information content (AvgIpc) is 3.42. The molecule has 2 N–H and O–H groups in total. The molecule has 0 atom stereocenters. The van der Waals surface area contributed by atoms with Gasteiger partial charge in [-0.3, -0.25) is 15.2 Å². The Hall–Kier alpha value is -2.20. The van der Waals surface area contributed by atoms with Crippen LogP contribution in [0.2, 0.25) is 5.02 Å². The van der Waals surface area contributed by atoms with Crippen LogP contribution in [0, 0.1) is 0 Å². The molecule has 0 unspecified atom stereocenters. The summed E-state index contributed by atoms with van der Waals surface area (Å²) < 4.78 is 0.809. The van der Waals surface area contributed by atoms with E-state index in [-0.39, 0.29) is 5.91 Å². The summed E-state index contributed by atoms with van der Waals surface area (Å²) in [6, 6.07) is 11.3. The monoisotopic (exact) mass is 433 g/mol. The van der Waals surface area contributed by atoms with Crippen LogP contribution in [-0.2, 0) is 5.75 Å². The van der Waals surface area contributed by atoms with E-state index < -0.39 is 0 Å². The Labute approximate surface area is 172 Å². The summed E-state index contributed by atoms with van der Waals surface area (Å²) in [6.45, 7) is 0. The van der Waals surface area contributed by atoms with Crippen LogP contribution < -0.4 is 5.32 Å². The van der Waals surface area contributed by atoms with Gasteiger partial charge < -0.3 is 0 Å². The van der Waals surface area contributed by atoms with Gasteiger partial charge in [-0.05, 0) is 23.6 Å². The third-order valence-electron chi connectivity index (χ3n) is 3.56. The molecule has 4 rings (SSSR count). The fourth-order valence-corrected chi connectivity index (χ4v) is 4.95. The highest BCUT2D eigenvalue weighted by Crippen LogP contribution is 2.30. The quantitative estimate of drug-likeness (QED) is 0.323. The van der Waals surface area contributed by atoms with Crippen molar-refractivity contribution in [2.75, 3.05) is 5.32 Å². The number of aromatic nitrogens is 4. The van der Waals surface area contributed by atoms with Gasteiger partial charge in [-0.25, -0.2) is 0 Å². The molecule has 0 aliphatic rings. The lowest BCUT2D eigenvalue weighted by Crippen LogP contribution is -2.12. The van der Waals surface area contributed by atoms with Crippen molar-refractivity contribution >= 4 is 57.1 Å². The van der Waals surface area contributed by atoms with Gasteiger partial charge in [0, 0.05) is 21.2 Å². The molecule has 0 fully saturated rings. The summed E-state index contributed by atoms with van der Waals surface area (Å²) in [5.41, 5.74) is 1.88. The number of aromatic amines is 1. The first kappa shape index (κ1) is 18.2. The zero-order valence-electron chi connectivity index (χ0n) is 13.7. The predicted molar refractivity (Wildman–Crippen MR) is 111 cm³/mol. The number of rotatable bonds is 6. The third kappa shape index (κ3) is 4.38.